The molecule has 0 radical (unpaired) electrons. The number of fused-ring (bicyclic) bond motifs is 3. The number of imide groups is 1. The van der Waals surface area contributed by atoms with Gasteiger partial charge in [-0.25, -0.2) is 4.79 Å². The largest absolute Gasteiger partial charge is 0.501 e. The summed E-state index contributed by atoms with van der Waals surface area (Å²) < 4.78 is 12.5. The third-order valence-corrected chi connectivity index (χ3v) is 6.42. The Hall–Kier alpha value is -4.13. The van der Waals surface area contributed by atoms with Crippen LogP contribution in [-0.2, 0) is 17.9 Å². The van der Waals surface area contributed by atoms with Gasteiger partial charge in [-0.2, -0.15) is 14.3 Å². The number of anilines is 1. The summed E-state index contributed by atoms with van der Waals surface area (Å²) in [6.07, 6.45) is 0. The Morgan fingerprint density at radius 3 is 2.29 bits per heavy atom. The molecule has 2 heterocycles. The Labute approximate surface area is 198 Å². The van der Waals surface area contributed by atoms with Crippen molar-refractivity contribution in [3.8, 4) is 11.5 Å². The van der Waals surface area contributed by atoms with Crippen LogP contribution in [0.15, 0.2) is 72.8 Å². The number of ether oxygens (including phenoxy) is 2. The lowest BCUT2D eigenvalue weighted by Gasteiger charge is -2.28. The minimum Gasteiger partial charge on any atom is -0.497 e. The number of methoxy groups -OCH3 is 2. The second kappa shape index (κ2) is 8.67. The zero-order valence-electron chi connectivity index (χ0n) is 19.4. The first-order valence-corrected chi connectivity index (χ1v) is 11.1. The lowest BCUT2D eigenvalue weighted by atomic mass is 10.0. The molecule has 1 unspecified atom stereocenters. The van der Waals surface area contributed by atoms with Gasteiger partial charge in [0.25, 0.3) is 0 Å². The average Bonchev–Trinajstić information content (AvgIpc) is 3.16. The maximum Gasteiger partial charge on any atom is 0.501 e. The Balaban J connectivity index is 1.66. The average molecular weight is 457 g/mol. The first-order valence-electron chi connectivity index (χ1n) is 11.1. The number of carbonyl (C=O) groups is 2. The molecule has 1 atom stereocenters. The van der Waals surface area contributed by atoms with E-state index in [9.17, 15) is 9.59 Å². The normalized spacial score (nSPS) is 17.1. The Bertz CT molecular complexity index is 1300. The summed E-state index contributed by atoms with van der Waals surface area (Å²) in [4.78, 5) is 30.9. The maximum atomic E-state index is 13.8. The number of nitrogens with zero attached hydrogens (tertiary/aromatic N) is 3. The second-order valence-corrected chi connectivity index (χ2v) is 8.41. The number of hydrogen-bond donors (Lipinski definition) is 0. The lowest BCUT2D eigenvalue weighted by Crippen LogP contribution is -2.59. The van der Waals surface area contributed by atoms with Crippen molar-refractivity contribution < 1.29 is 23.6 Å². The highest BCUT2D eigenvalue weighted by molar-refractivity contribution is 6.26. The van der Waals surface area contributed by atoms with Gasteiger partial charge in [0.15, 0.2) is 11.8 Å². The molecule has 0 saturated heterocycles. The number of rotatable bonds is 6. The van der Waals surface area contributed by atoms with Crippen LogP contribution in [0.1, 0.15) is 16.7 Å². The topological polar surface area (TPSA) is 62.1 Å². The van der Waals surface area contributed by atoms with Crippen LogP contribution in [0.4, 0.5) is 10.5 Å². The minimum absolute atomic E-state index is 0.213. The van der Waals surface area contributed by atoms with Gasteiger partial charge in [-0.3, -0.25) is 0 Å². The Morgan fingerprint density at radius 2 is 1.56 bits per heavy atom. The molecule has 0 N–H and O–H groups in total. The molecule has 2 aliphatic heterocycles. The summed E-state index contributed by atoms with van der Waals surface area (Å²) in [6, 6.07) is 22.0. The minimum atomic E-state index is -0.603. The van der Waals surface area contributed by atoms with Crippen molar-refractivity contribution in [2.24, 2.45) is 0 Å². The van der Waals surface area contributed by atoms with Crippen LogP contribution in [0.25, 0.3) is 0 Å². The molecular weight excluding hydrogens is 430 g/mol. The number of amides is 3. The molecular formula is C27H26N3O4+. The second-order valence-electron chi connectivity index (χ2n) is 8.41. The molecule has 3 aromatic carbocycles. The van der Waals surface area contributed by atoms with E-state index in [1.807, 2.05) is 84.7 Å². The maximum absolute atomic E-state index is 13.8. The molecule has 7 nitrogen and oxygen atoms in total. The molecule has 7 heteroatoms. The summed E-state index contributed by atoms with van der Waals surface area (Å²) in [7, 11) is 5.11. The number of likely N-dealkylation sites (N-methyl/N-ethyl adjacent to an activating group) is 1. The van der Waals surface area contributed by atoms with E-state index in [1.54, 1.807) is 18.8 Å². The van der Waals surface area contributed by atoms with Crippen molar-refractivity contribution in [2.75, 3.05) is 26.2 Å². The third-order valence-electron chi connectivity index (χ3n) is 6.42. The first kappa shape index (κ1) is 21.7. The van der Waals surface area contributed by atoms with Crippen molar-refractivity contribution in [2.45, 2.75) is 19.1 Å². The van der Waals surface area contributed by atoms with Gasteiger partial charge in [0, 0.05) is 18.3 Å². The van der Waals surface area contributed by atoms with E-state index >= 15 is 0 Å². The Kier molecular flexibility index (Phi) is 5.53. The number of hydrogen-bond acceptors (Lipinski definition) is 5. The van der Waals surface area contributed by atoms with Crippen LogP contribution >= 0.6 is 0 Å². The van der Waals surface area contributed by atoms with Crippen LogP contribution in [0, 0.1) is 0 Å². The van der Waals surface area contributed by atoms with E-state index in [2.05, 4.69) is 0 Å². The van der Waals surface area contributed by atoms with Gasteiger partial charge in [0.1, 0.15) is 24.6 Å². The predicted molar refractivity (Wildman–Crippen MR) is 129 cm³/mol. The van der Waals surface area contributed by atoms with E-state index in [0.29, 0.717) is 23.8 Å². The smallest absolute Gasteiger partial charge is 0.497 e. The first-order chi connectivity index (χ1) is 16.5. The van der Waals surface area contributed by atoms with Crippen LogP contribution in [0.5, 0.6) is 11.5 Å². The zero-order chi connectivity index (χ0) is 23.8. The summed E-state index contributed by atoms with van der Waals surface area (Å²) in [5.41, 5.74) is 4.20. The quantitative estimate of drug-likeness (QED) is 0.530. The van der Waals surface area contributed by atoms with Crippen molar-refractivity contribution in [3.63, 3.8) is 0 Å². The molecule has 0 aliphatic carbocycles. The van der Waals surface area contributed by atoms with Crippen LogP contribution in [-0.4, -0.2) is 54.4 Å². The highest BCUT2D eigenvalue weighted by Crippen LogP contribution is 2.37. The van der Waals surface area contributed by atoms with Gasteiger partial charge in [-0.1, -0.05) is 42.5 Å². The van der Waals surface area contributed by atoms with Crippen molar-refractivity contribution in [3.05, 3.63) is 89.5 Å². The summed E-state index contributed by atoms with van der Waals surface area (Å²) in [5, 5.41) is 0. The summed E-state index contributed by atoms with van der Waals surface area (Å²) >= 11 is 0. The zero-order valence-corrected chi connectivity index (χ0v) is 19.4. The molecule has 5 rings (SSSR count). The molecule has 34 heavy (non-hydrogen) atoms. The third kappa shape index (κ3) is 3.59. The molecule has 0 saturated carbocycles. The van der Waals surface area contributed by atoms with E-state index in [0.717, 1.165) is 22.4 Å². The Morgan fingerprint density at radius 1 is 0.853 bits per heavy atom. The van der Waals surface area contributed by atoms with E-state index in [-0.39, 0.29) is 18.5 Å². The van der Waals surface area contributed by atoms with Gasteiger partial charge < -0.3 is 14.4 Å². The predicted octanol–water partition coefficient (Wildman–Crippen LogP) is 3.69. The van der Waals surface area contributed by atoms with Crippen molar-refractivity contribution in [1.82, 2.24) is 4.90 Å². The van der Waals surface area contributed by atoms with Crippen LogP contribution in [0.2, 0.25) is 0 Å². The monoisotopic (exact) mass is 456 g/mol. The SMILES string of the molecule is COc1cccc(C[N+]2=C3c4cc(OC)ccc4N(C)C3C(=O)N(Cc3ccccc3)C2=O)c1. The van der Waals surface area contributed by atoms with Crippen LogP contribution < -0.4 is 14.4 Å². The molecule has 3 amide bonds. The number of benzene rings is 3. The molecule has 2 aliphatic rings. The number of carbonyl (C=O) groups excluding carboxylic acids is 2. The molecule has 0 bridgehead atoms. The standard InChI is InChI=1S/C27H26N3O4/c1-28-23-13-12-21(34-3)15-22(23)24-25(28)26(31)30(16-18-8-5-4-6-9-18)27(32)29(24)17-19-10-7-11-20(14-19)33-2/h4-15,25H,16-17H2,1-3H3/q+1. The van der Waals surface area contributed by atoms with Crippen LogP contribution in [0.3, 0.4) is 0 Å². The fraction of sp³-hybridized carbons (Fsp3) is 0.222. The van der Waals surface area contributed by atoms with E-state index in [1.165, 1.54) is 4.90 Å². The highest BCUT2D eigenvalue weighted by Gasteiger charge is 2.54. The highest BCUT2D eigenvalue weighted by atomic mass is 16.5. The van der Waals surface area contributed by atoms with Gasteiger partial charge in [-0.05, 0) is 41.5 Å². The van der Waals surface area contributed by atoms with Crippen molar-refractivity contribution in [1.29, 1.82) is 0 Å². The molecule has 0 aromatic heterocycles. The van der Waals surface area contributed by atoms with Gasteiger partial charge in [0.05, 0.1) is 14.2 Å². The van der Waals surface area contributed by atoms with Crippen molar-refractivity contribution >= 4 is 23.3 Å². The fourth-order valence-corrected chi connectivity index (χ4v) is 4.71. The summed E-state index contributed by atoms with van der Waals surface area (Å²) in [6.45, 7) is 0.523. The van der Waals surface area contributed by atoms with Gasteiger partial charge >= 0.3 is 11.9 Å². The lowest BCUT2D eigenvalue weighted by molar-refractivity contribution is -0.455. The van der Waals surface area contributed by atoms with Gasteiger partial charge in [-0.15, -0.1) is 0 Å². The summed E-state index contributed by atoms with van der Waals surface area (Å²) in [5.74, 6) is 1.16. The van der Waals surface area contributed by atoms with Gasteiger partial charge in [0.2, 0.25) is 0 Å². The van der Waals surface area contributed by atoms with E-state index < -0.39 is 6.04 Å². The molecule has 0 fully saturated rings. The van der Waals surface area contributed by atoms with E-state index in [4.69, 9.17) is 9.47 Å². The molecule has 0 spiro atoms. The fourth-order valence-electron chi connectivity index (χ4n) is 4.71. The number of urea groups is 1. The molecule has 172 valence electrons. The molecule has 3 aromatic rings.